The molecule has 0 spiro atoms. The number of carbonyl (C=O) groups excluding carboxylic acids is 1. The second-order valence-corrected chi connectivity index (χ2v) is 6.81. The summed E-state index contributed by atoms with van der Waals surface area (Å²) < 4.78 is 13.3. The second kappa shape index (κ2) is 7.75. The summed E-state index contributed by atoms with van der Waals surface area (Å²) in [6, 6.07) is 4.85. The molecule has 1 aliphatic rings. The SMILES string of the molecule is C=CCC(C)(CC=C)C(=O)N1CCN[C@@H](c2ccc(F)cc2C)C1. The van der Waals surface area contributed by atoms with E-state index in [4.69, 9.17) is 0 Å². The fraction of sp³-hybridized carbons (Fsp3) is 0.450. The maximum absolute atomic E-state index is 13.3. The monoisotopic (exact) mass is 330 g/mol. The van der Waals surface area contributed by atoms with Crippen molar-refractivity contribution < 1.29 is 9.18 Å². The molecule has 3 nitrogen and oxygen atoms in total. The lowest BCUT2D eigenvalue weighted by atomic mass is 9.81. The lowest BCUT2D eigenvalue weighted by molar-refractivity contribution is -0.142. The number of benzene rings is 1. The van der Waals surface area contributed by atoms with Crippen molar-refractivity contribution in [1.29, 1.82) is 0 Å². The summed E-state index contributed by atoms with van der Waals surface area (Å²) in [6.07, 6.45) is 4.85. The second-order valence-electron chi connectivity index (χ2n) is 6.81. The van der Waals surface area contributed by atoms with Crippen molar-refractivity contribution >= 4 is 5.91 Å². The number of nitrogens with one attached hydrogen (secondary N) is 1. The van der Waals surface area contributed by atoms with E-state index in [0.29, 0.717) is 25.9 Å². The van der Waals surface area contributed by atoms with Crippen molar-refractivity contribution in [2.24, 2.45) is 5.41 Å². The van der Waals surface area contributed by atoms with Crippen LogP contribution in [0.1, 0.15) is 36.9 Å². The van der Waals surface area contributed by atoms with Crippen LogP contribution in [0.4, 0.5) is 4.39 Å². The number of amides is 1. The number of nitrogens with zero attached hydrogens (tertiary/aromatic N) is 1. The average Bonchev–Trinajstić information content (AvgIpc) is 2.54. The molecule has 1 aromatic rings. The van der Waals surface area contributed by atoms with Crippen LogP contribution in [-0.4, -0.2) is 30.4 Å². The average molecular weight is 330 g/mol. The third-order valence-electron chi connectivity index (χ3n) is 4.78. The summed E-state index contributed by atoms with van der Waals surface area (Å²) in [5.74, 6) is -0.0990. The van der Waals surface area contributed by atoms with Gasteiger partial charge in [-0.1, -0.05) is 25.1 Å². The van der Waals surface area contributed by atoms with E-state index in [-0.39, 0.29) is 17.8 Å². The van der Waals surface area contributed by atoms with Crippen LogP contribution in [0.15, 0.2) is 43.5 Å². The third kappa shape index (κ3) is 3.93. The van der Waals surface area contributed by atoms with Gasteiger partial charge in [0.25, 0.3) is 0 Å². The van der Waals surface area contributed by atoms with Crippen LogP contribution in [-0.2, 0) is 4.79 Å². The zero-order valence-corrected chi connectivity index (χ0v) is 14.6. The predicted molar refractivity (Wildman–Crippen MR) is 96.2 cm³/mol. The van der Waals surface area contributed by atoms with E-state index in [1.54, 1.807) is 12.2 Å². The minimum Gasteiger partial charge on any atom is -0.339 e. The Morgan fingerprint density at radius 3 is 2.67 bits per heavy atom. The molecule has 1 aliphatic heterocycles. The van der Waals surface area contributed by atoms with Gasteiger partial charge in [-0.2, -0.15) is 0 Å². The molecule has 130 valence electrons. The van der Waals surface area contributed by atoms with Gasteiger partial charge in [0.1, 0.15) is 5.82 Å². The highest BCUT2D eigenvalue weighted by Gasteiger charge is 2.36. The highest BCUT2D eigenvalue weighted by molar-refractivity contribution is 5.83. The number of piperazine rings is 1. The van der Waals surface area contributed by atoms with Crippen molar-refractivity contribution in [2.75, 3.05) is 19.6 Å². The zero-order valence-electron chi connectivity index (χ0n) is 14.6. The Kier molecular flexibility index (Phi) is 5.94. The lowest BCUT2D eigenvalue weighted by Crippen LogP contribution is -2.52. The molecule has 24 heavy (non-hydrogen) atoms. The molecule has 0 unspecified atom stereocenters. The van der Waals surface area contributed by atoms with Gasteiger partial charge in [-0.05, 0) is 43.0 Å². The summed E-state index contributed by atoms with van der Waals surface area (Å²) in [6.45, 7) is 13.4. The number of rotatable bonds is 6. The number of halogens is 1. The molecule has 1 aromatic carbocycles. The highest BCUT2D eigenvalue weighted by Crippen LogP contribution is 2.31. The standard InChI is InChI=1S/C20H27FN2O/c1-5-9-20(4,10-6-2)19(24)23-12-11-22-18(14-23)17-8-7-16(21)13-15(17)3/h5-8,13,18,22H,1-2,9-12,14H2,3-4H3/t18-/m1/s1. The van der Waals surface area contributed by atoms with Crippen LogP contribution >= 0.6 is 0 Å². The molecule has 4 heteroatoms. The summed E-state index contributed by atoms with van der Waals surface area (Å²) in [5, 5.41) is 3.44. The van der Waals surface area contributed by atoms with Crippen molar-refractivity contribution in [1.82, 2.24) is 10.2 Å². The summed E-state index contributed by atoms with van der Waals surface area (Å²) in [4.78, 5) is 15.0. The van der Waals surface area contributed by atoms with Crippen molar-refractivity contribution in [3.63, 3.8) is 0 Å². The number of hydrogen-bond acceptors (Lipinski definition) is 2. The fourth-order valence-corrected chi connectivity index (χ4v) is 3.45. The number of carbonyl (C=O) groups is 1. The van der Waals surface area contributed by atoms with Crippen molar-refractivity contribution in [3.8, 4) is 0 Å². The number of aryl methyl sites for hydroxylation is 1. The van der Waals surface area contributed by atoms with E-state index in [1.165, 1.54) is 12.1 Å². The summed E-state index contributed by atoms with van der Waals surface area (Å²) in [5.41, 5.74) is 1.45. The largest absolute Gasteiger partial charge is 0.339 e. The quantitative estimate of drug-likeness (QED) is 0.806. The predicted octanol–water partition coefficient (Wildman–Crippen LogP) is 3.77. The molecular weight excluding hydrogens is 303 g/mol. The Hall–Kier alpha value is -1.94. The van der Waals surface area contributed by atoms with Gasteiger partial charge in [0.05, 0.1) is 11.5 Å². The third-order valence-corrected chi connectivity index (χ3v) is 4.78. The minimum absolute atomic E-state index is 0.0278. The first-order chi connectivity index (χ1) is 11.4. The van der Waals surface area contributed by atoms with Gasteiger partial charge >= 0.3 is 0 Å². The maximum Gasteiger partial charge on any atom is 0.229 e. The first-order valence-corrected chi connectivity index (χ1v) is 8.42. The molecule has 0 saturated carbocycles. The zero-order chi connectivity index (χ0) is 17.7. The van der Waals surface area contributed by atoms with Crippen LogP contribution in [0.5, 0.6) is 0 Å². The van der Waals surface area contributed by atoms with Crippen molar-refractivity contribution in [2.45, 2.75) is 32.7 Å². The molecule has 1 saturated heterocycles. The van der Waals surface area contributed by atoms with Gasteiger partial charge < -0.3 is 10.2 Å². The first kappa shape index (κ1) is 18.4. The van der Waals surface area contributed by atoms with Gasteiger partial charge in [0.2, 0.25) is 5.91 Å². The molecule has 0 aliphatic carbocycles. The highest BCUT2D eigenvalue weighted by atomic mass is 19.1. The van der Waals surface area contributed by atoms with E-state index >= 15 is 0 Å². The van der Waals surface area contributed by atoms with E-state index < -0.39 is 5.41 Å². The van der Waals surface area contributed by atoms with E-state index in [1.807, 2.05) is 24.8 Å². The van der Waals surface area contributed by atoms with Crippen molar-refractivity contribution in [3.05, 3.63) is 60.5 Å². The Morgan fingerprint density at radius 2 is 2.08 bits per heavy atom. The van der Waals surface area contributed by atoms with Gasteiger partial charge in [-0.25, -0.2) is 4.39 Å². The molecular formula is C20H27FN2O. The number of allylic oxidation sites excluding steroid dienone is 2. The number of hydrogen-bond donors (Lipinski definition) is 1. The lowest BCUT2D eigenvalue weighted by Gasteiger charge is -2.39. The summed E-state index contributed by atoms with van der Waals surface area (Å²) in [7, 11) is 0. The Morgan fingerprint density at radius 1 is 1.42 bits per heavy atom. The van der Waals surface area contributed by atoms with Crippen LogP contribution in [0.2, 0.25) is 0 Å². The topological polar surface area (TPSA) is 32.3 Å². The smallest absolute Gasteiger partial charge is 0.229 e. The van der Waals surface area contributed by atoms with E-state index in [2.05, 4.69) is 18.5 Å². The Bertz CT molecular complexity index is 616. The van der Waals surface area contributed by atoms with Crippen LogP contribution in [0.3, 0.4) is 0 Å². The normalized spacial score (nSPS) is 18.3. The van der Waals surface area contributed by atoms with E-state index in [0.717, 1.165) is 17.7 Å². The molecule has 1 atom stereocenters. The van der Waals surface area contributed by atoms with E-state index in [9.17, 15) is 9.18 Å². The summed E-state index contributed by atoms with van der Waals surface area (Å²) >= 11 is 0. The Labute approximate surface area is 144 Å². The van der Waals surface area contributed by atoms with Gasteiger partial charge in [-0.15, -0.1) is 13.2 Å². The maximum atomic E-state index is 13.3. The van der Waals surface area contributed by atoms with Crippen LogP contribution < -0.4 is 5.32 Å². The fourth-order valence-electron chi connectivity index (χ4n) is 3.45. The van der Waals surface area contributed by atoms with Crippen LogP contribution in [0.25, 0.3) is 0 Å². The molecule has 1 N–H and O–H groups in total. The van der Waals surface area contributed by atoms with Gasteiger partial charge in [-0.3, -0.25) is 4.79 Å². The molecule has 0 aromatic heterocycles. The molecule has 1 amide bonds. The van der Waals surface area contributed by atoms with Gasteiger partial charge in [0.15, 0.2) is 0 Å². The van der Waals surface area contributed by atoms with Crippen LogP contribution in [0, 0.1) is 18.2 Å². The first-order valence-electron chi connectivity index (χ1n) is 8.42. The minimum atomic E-state index is -0.497. The molecule has 0 bridgehead atoms. The molecule has 1 heterocycles. The molecule has 0 radical (unpaired) electrons. The molecule has 1 fully saturated rings. The van der Waals surface area contributed by atoms with Gasteiger partial charge in [0, 0.05) is 19.6 Å². The Balaban J connectivity index is 2.18. The molecule has 2 rings (SSSR count).